The van der Waals surface area contributed by atoms with E-state index in [1.54, 1.807) is 0 Å². The second-order valence-corrected chi connectivity index (χ2v) is 3.30. The number of ether oxygens (including phenoxy) is 2. The van der Waals surface area contributed by atoms with Crippen LogP contribution in [-0.2, 0) is 20.9 Å². The minimum absolute atomic E-state index is 0. The van der Waals surface area contributed by atoms with Crippen LogP contribution in [0.3, 0.4) is 0 Å². The predicted octanol–water partition coefficient (Wildman–Crippen LogP) is 1.52. The number of benzene rings is 1. The van der Waals surface area contributed by atoms with E-state index in [4.69, 9.17) is 15.2 Å². The van der Waals surface area contributed by atoms with Crippen LogP contribution in [0.15, 0.2) is 30.3 Å². The van der Waals surface area contributed by atoms with Crippen molar-refractivity contribution < 1.29 is 14.3 Å². The molecule has 0 unspecified atom stereocenters. The molecule has 0 fully saturated rings. The van der Waals surface area contributed by atoms with Crippen molar-refractivity contribution in [2.24, 2.45) is 5.73 Å². The van der Waals surface area contributed by atoms with Crippen LogP contribution in [0.5, 0.6) is 0 Å². The first-order valence-corrected chi connectivity index (χ1v) is 5.30. The molecule has 1 aromatic carbocycles. The SMILES string of the molecule is Cl.NCCOCCC(=O)OCc1ccccc1. The van der Waals surface area contributed by atoms with E-state index in [9.17, 15) is 4.79 Å². The van der Waals surface area contributed by atoms with Gasteiger partial charge >= 0.3 is 5.97 Å². The molecular weight excluding hydrogens is 242 g/mol. The molecule has 0 spiro atoms. The highest BCUT2D eigenvalue weighted by Crippen LogP contribution is 2.01. The molecule has 96 valence electrons. The number of esters is 1. The molecule has 0 atom stereocenters. The number of rotatable bonds is 7. The first-order valence-electron chi connectivity index (χ1n) is 5.30. The van der Waals surface area contributed by atoms with Crippen LogP contribution in [-0.4, -0.2) is 25.7 Å². The maximum atomic E-state index is 11.2. The van der Waals surface area contributed by atoms with E-state index in [2.05, 4.69) is 0 Å². The lowest BCUT2D eigenvalue weighted by atomic mass is 10.2. The van der Waals surface area contributed by atoms with Crippen molar-refractivity contribution in [1.29, 1.82) is 0 Å². The molecule has 1 rings (SSSR count). The molecule has 0 saturated heterocycles. The summed E-state index contributed by atoms with van der Waals surface area (Å²) in [6.07, 6.45) is 0.271. The minimum atomic E-state index is -0.249. The van der Waals surface area contributed by atoms with Gasteiger partial charge in [0.1, 0.15) is 6.61 Å². The number of hydrogen-bond donors (Lipinski definition) is 1. The van der Waals surface area contributed by atoms with Gasteiger partial charge in [-0.2, -0.15) is 0 Å². The highest BCUT2D eigenvalue weighted by molar-refractivity contribution is 5.85. The van der Waals surface area contributed by atoms with Crippen molar-refractivity contribution in [1.82, 2.24) is 0 Å². The summed E-state index contributed by atoms with van der Waals surface area (Å²) in [5, 5.41) is 0. The summed E-state index contributed by atoms with van der Waals surface area (Å²) >= 11 is 0. The van der Waals surface area contributed by atoms with Gasteiger partial charge in [-0.05, 0) is 5.56 Å². The van der Waals surface area contributed by atoms with Crippen LogP contribution in [0.25, 0.3) is 0 Å². The van der Waals surface area contributed by atoms with Gasteiger partial charge in [-0.1, -0.05) is 30.3 Å². The zero-order chi connectivity index (χ0) is 11.6. The molecular formula is C12H18ClNO3. The zero-order valence-electron chi connectivity index (χ0n) is 9.63. The van der Waals surface area contributed by atoms with E-state index in [1.807, 2.05) is 30.3 Å². The predicted molar refractivity (Wildman–Crippen MR) is 68.0 cm³/mol. The van der Waals surface area contributed by atoms with Gasteiger partial charge in [-0.3, -0.25) is 4.79 Å². The van der Waals surface area contributed by atoms with Gasteiger partial charge in [-0.15, -0.1) is 12.4 Å². The molecule has 2 N–H and O–H groups in total. The van der Waals surface area contributed by atoms with Crippen molar-refractivity contribution in [2.45, 2.75) is 13.0 Å². The van der Waals surface area contributed by atoms with Gasteiger partial charge in [-0.25, -0.2) is 0 Å². The summed E-state index contributed by atoms with van der Waals surface area (Å²) in [7, 11) is 0. The fourth-order valence-corrected chi connectivity index (χ4v) is 1.15. The van der Waals surface area contributed by atoms with Gasteiger partial charge in [0.25, 0.3) is 0 Å². The molecule has 0 aliphatic carbocycles. The smallest absolute Gasteiger partial charge is 0.308 e. The van der Waals surface area contributed by atoms with E-state index in [-0.39, 0.29) is 24.8 Å². The van der Waals surface area contributed by atoms with Gasteiger partial charge in [0.2, 0.25) is 0 Å². The molecule has 0 heterocycles. The Hall–Kier alpha value is -1.10. The summed E-state index contributed by atoms with van der Waals surface area (Å²) in [5.74, 6) is -0.249. The summed E-state index contributed by atoms with van der Waals surface area (Å²) in [5.41, 5.74) is 6.22. The highest BCUT2D eigenvalue weighted by Gasteiger charge is 2.02. The summed E-state index contributed by atoms with van der Waals surface area (Å²) in [4.78, 5) is 11.2. The molecule has 4 nitrogen and oxygen atoms in total. The molecule has 17 heavy (non-hydrogen) atoms. The van der Waals surface area contributed by atoms with Crippen molar-refractivity contribution in [3.63, 3.8) is 0 Å². The van der Waals surface area contributed by atoms with Crippen molar-refractivity contribution in [3.05, 3.63) is 35.9 Å². The number of hydrogen-bond acceptors (Lipinski definition) is 4. The second kappa shape index (κ2) is 10.1. The van der Waals surface area contributed by atoms with E-state index < -0.39 is 0 Å². The van der Waals surface area contributed by atoms with Gasteiger partial charge < -0.3 is 15.2 Å². The maximum absolute atomic E-state index is 11.2. The monoisotopic (exact) mass is 259 g/mol. The van der Waals surface area contributed by atoms with Crippen LogP contribution < -0.4 is 5.73 Å². The topological polar surface area (TPSA) is 61.5 Å². The Morgan fingerprint density at radius 2 is 1.88 bits per heavy atom. The average Bonchev–Trinajstić information content (AvgIpc) is 2.33. The first kappa shape index (κ1) is 15.9. The quantitative estimate of drug-likeness (QED) is 0.596. The van der Waals surface area contributed by atoms with E-state index >= 15 is 0 Å². The van der Waals surface area contributed by atoms with E-state index in [0.717, 1.165) is 5.56 Å². The highest BCUT2D eigenvalue weighted by atomic mass is 35.5. The molecule has 0 aliphatic rings. The lowest BCUT2D eigenvalue weighted by Crippen LogP contribution is -2.12. The number of nitrogens with two attached hydrogens (primary N) is 1. The Morgan fingerprint density at radius 1 is 1.18 bits per heavy atom. The van der Waals surface area contributed by atoms with E-state index in [0.29, 0.717) is 26.4 Å². The largest absolute Gasteiger partial charge is 0.461 e. The number of halogens is 1. The van der Waals surface area contributed by atoms with Gasteiger partial charge in [0, 0.05) is 6.54 Å². The lowest BCUT2D eigenvalue weighted by molar-refractivity contribution is -0.146. The molecule has 0 aliphatic heterocycles. The Labute approximate surface area is 108 Å². The fourth-order valence-electron chi connectivity index (χ4n) is 1.15. The molecule has 0 bridgehead atoms. The van der Waals surface area contributed by atoms with Crippen LogP contribution >= 0.6 is 12.4 Å². The van der Waals surface area contributed by atoms with Crippen LogP contribution in [0.1, 0.15) is 12.0 Å². The molecule has 0 saturated carbocycles. The van der Waals surface area contributed by atoms with Crippen molar-refractivity contribution in [3.8, 4) is 0 Å². The summed E-state index contributed by atoms with van der Waals surface area (Å²) in [6.45, 7) is 1.63. The molecule has 1 aromatic rings. The molecule has 0 radical (unpaired) electrons. The summed E-state index contributed by atoms with van der Waals surface area (Å²) < 4.78 is 10.1. The van der Waals surface area contributed by atoms with Crippen molar-refractivity contribution in [2.75, 3.05) is 19.8 Å². The Kier molecular flexibility index (Phi) is 9.43. The zero-order valence-corrected chi connectivity index (χ0v) is 10.4. The van der Waals surface area contributed by atoms with E-state index in [1.165, 1.54) is 0 Å². The third-order valence-corrected chi connectivity index (χ3v) is 1.96. The number of carbonyl (C=O) groups is 1. The third-order valence-electron chi connectivity index (χ3n) is 1.96. The van der Waals surface area contributed by atoms with Crippen LogP contribution in [0.4, 0.5) is 0 Å². The van der Waals surface area contributed by atoms with Gasteiger partial charge in [0.15, 0.2) is 0 Å². The van der Waals surface area contributed by atoms with Crippen molar-refractivity contribution >= 4 is 18.4 Å². The van der Waals surface area contributed by atoms with Crippen LogP contribution in [0, 0.1) is 0 Å². The average molecular weight is 260 g/mol. The maximum Gasteiger partial charge on any atom is 0.308 e. The van der Waals surface area contributed by atoms with Crippen LogP contribution in [0.2, 0.25) is 0 Å². The normalized spacial score (nSPS) is 9.47. The lowest BCUT2D eigenvalue weighted by Gasteiger charge is -2.05. The molecule has 0 amide bonds. The number of carbonyl (C=O) groups excluding carboxylic acids is 1. The van der Waals surface area contributed by atoms with Gasteiger partial charge in [0.05, 0.1) is 19.6 Å². The first-order chi connectivity index (χ1) is 7.83. The summed E-state index contributed by atoms with van der Waals surface area (Å²) in [6, 6.07) is 9.57. The second-order valence-electron chi connectivity index (χ2n) is 3.30. The standard InChI is InChI=1S/C12H17NO3.ClH/c13-7-9-15-8-6-12(14)16-10-11-4-2-1-3-5-11;/h1-5H,6-10,13H2;1H. The fraction of sp³-hybridized carbons (Fsp3) is 0.417. The molecule has 5 heteroatoms. The molecule has 0 aromatic heterocycles. The Morgan fingerprint density at radius 3 is 2.53 bits per heavy atom. The Balaban J connectivity index is 0.00000256. The Bertz CT molecular complexity index is 306. The minimum Gasteiger partial charge on any atom is -0.461 e. The third kappa shape index (κ3) is 7.74.